The smallest absolute Gasteiger partial charge is 0.272 e. The van der Waals surface area contributed by atoms with Crippen molar-refractivity contribution in [1.82, 2.24) is 15.5 Å². The number of rotatable bonds is 8. The summed E-state index contributed by atoms with van der Waals surface area (Å²) < 4.78 is 5.10. The van der Waals surface area contributed by atoms with Crippen LogP contribution in [0.25, 0.3) is 0 Å². The number of hydrogen-bond acceptors (Lipinski definition) is 5. The van der Waals surface area contributed by atoms with Gasteiger partial charge in [-0.1, -0.05) is 26.0 Å². The first kappa shape index (κ1) is 17.7. The van der Waals surface area contributed by atoms with Crippen LogP contribution in [0, 0.1) is 5.92 Å². The first-order valence-electron chi connectivity index (χ1n) is 8.07. The van der Waals surface area contributed by atoms with Crippen molar-refractivity contribution >= 4 is 11.7 Å². The molecule has 0 saturated heterocycles. The molecule has 1 aromatic heterocycles. The molecular formula is C18H24N4O2. The van der Waals surface area contributed by atoms with Crippen LogP contribution in [0.2, 0.25) is 0 Å². The van der Waals surface area contributed by atoms with Crippen molar-refractivity contribution in [2.45, 2.75) is 26.8 Å². The van der Waals surface area contributed by atoms with Gasteiger partial charge in [-0.3, -0.25) is 4.79 Å². The number of carbonyl (C=O) groups is 1. The third-order valence-electron chi connectivity index (χ3n) is 3.54. The molecule has 0 atom stereocenters. The van der Waals surface area contributed by atoms with Crippen LogP contribution in [0.3, 0.4) is 0 Å². The normalized spacial score (nSPS) is 10.5. The second-order valence-electron chi connectivity index (χ2n) is 5.94. The SMILES string of the molecule is COc1ccc(CNC(=O)c2ccc(NCCC(C)C)nn2)cc1. The van der Waals surface area contributed by atoms with Gasteiger partial charge in [0.05, 0.1) is 7.11 Å². The van der Waals surface area contributed by atoms with Gasteiger partial charge < -0.3 is 15.4 Å². The van der Waals surface area contributed by atoms with Crippen molar-refractivity contribution in [2.24, 2.45) is 5.92 Å². The van der Waals surface area contributed by atoms with Crippen molar-refractivity contribution in [3.63, 3.8) is 0 Å². The van der Waals surface area contributed by atoms with Crippen LogP contribution in [-0.2, 0) is 6.54 Å². The Morgan fingerprint density at radius 3 is 2.46 bits per heavy atom. The molecule has 0 aliphatic rings. The maximum atomic E-state index is 12.1. The second-order valence-corrected chi connectivity index (χ2v) is 5.94. The van der Waals surface area contributed by atoms with Gasteiger partial charge in [0.2, 0.25) is 0 Å². The average Bonchev–Trinajstić information content (AvgIpc) is 2.60. The molecule has 1 aromatic carbocycles. The van der Waals surface area contributed by atoms with Crippen LogP contribution < -0.4 is 15.4 Å². The van der Waals surface area contributed by atoms with Crippen LogP contribution in [0.4, 0.5) is 5.82 Å². The number of ether oxygens (including phenoxy) is 1. The van der Waals surface area contributed by atoms with E-state index in [2.05, 4.69) is 34.7 Å². The summed E-state index contributed by atoms with van der Waals surface area (Å²) in [6, 6.07) is 11.0. The molecule has 2 rings (SSSR count). The molecule has 128 valence electrons. The molecule has 0 aliphatic heterocycles. The number of methoxy groups -OCH3 is 1. The van der Waals surface area contributed by atoms with E-state index in [-0.39, 0.29) is 5.91 Å². The average molecular weight is 328 g/mol. The lowest BCUT2D eigenvalue weighted by Crippen LogP contribution is -2.24. The molecule has 0 saturated carbocycles. The number of nitrogens with one attached hydrogen (secondary N) is 2. The Hall–Kier alpha value is -2.63. The third kappa shape index (κ3) is 5.53. The molecule has 0 unspecified atom stereocenters. The summed E-state index contributed by atoms with van der Waals surface area (Å²) in [6.45, 7) is 5.61. The Labute approximate surface area is 142 Å². The Bertz CT molecular complexity index is 639. The fraction of sp³-hybridized carbons (Fsp3) is 0.389. The van der Waals surface area contributed by atoms with E-state index < -0.39 is 0 Å². The first-order chi connectivity index (χ1) is 11.6. The fourth-order valence-electron chi connectivity index (χ4n) is 2.05. The summed E-state index contributed by atoms with van der Waals surface area (Å²) >= 11 is 0. The minimum atomic E-state index is -0.243. The Balaban J connectivity index is 1.83. The monoisotopic (exact) mass is 328 g/mol. The molecule has 1 heterocycles. The summed E-state index contributed by atoms with van der Waals surface area (Å²) in [5.74, 6) is 1.86. The van der Waals surface area contributed by atoms with Gasteiger partial charge in [0.25, 0.3) is 5.91 Å². The zero-order chi connectivity index (χ0) is 17.4. The summed E-state index contributed by atoms with van der Waals surface area (Å²) in [5.41, 5.74) is 1.29. The first-order valence-corrected chi connectivity index (χ1v) is 8.07. The second kappa shape index (κ2) is 8.86. The van der Waals surface area contributed by atoms with Crippen molar-refractivity contribution < 1.29 is 9.53 Å². The van der Waals surface area contributed by atoms with E-state index in [1.165, 1.54) is 0 Å². The predicted octanol–water partition coefficient (Wildman–Crippen LogP) is 2.87. The molecule has 6 heteroatoms. The Morgan fingerprint density at radius 1 is 1.12 bits per heavy atom. The lowest BCUT2D eigenvalue weighted by molar-refractivity contribution is 0.0945. The standard InChI is InChI=1S/C18H24N4O2/c1-13(2)10-11-19-17-9-8-16(21-22-17)18(23)20-12-14-4-6-15(24-3)7-5-14/h4-9,13H,10-12H2,1-3H3,(H,19,22)(H,20,23). The van der Waals surface area contributed by atoms with Crippen molar-refractivity contribution in [1.29, 1.82) is 0 Å². The van der Waals surface area contributed by atoms with E-state index in [0.717, 1.165) is 24.3 Å². The molecule has 0 spiro atoms. The van der Waals surface area contributed by atoms with E-state index in [4.69, 9.17) is 4.74 Å². The maximum Gasteiger partial charge on any atom is 0.272 e. The number of nitrogens with zero attached hydrogens (tertiary/aromatic N) is 2. The zero-order valence-corrected chi connectivity index (χ0v) is 14.4. The molecule has 2 aromatic rings. The molecule has 6 nitrogen and oxygen atoms in total. The molecule has 2 N–H and O–H groups in total. The summed E-state index contributed by atoms with van der Waals surface area (Å²) in [4.78, 5) is 12.1. The van der Waals surface area contributed by atoms with Gasteiger partial charge in [0, 0.05) is 13.1 Å². The van der Waals surface area contributed by atoms with E-state index in [0.29, 0.717) is 24.0 Å². The van der Waals surface area contributed by atoms with E-state index in [9.17, 15) is 4.79 Å². The molecule has 0 aliphatic carbocycles. The van der Waals surface area contributed by atoms with Crippen molar-refractivity contribution in [3.8, 4) is 5.75 Å². The number of anilines is 1. The Morgan fingerprint density at radius 2 is 1.88 bits per heavy atom. The van der Waals surface area contributed by atoms with Crippen LogP contribution >= 0.6 is 0 Å². The highest BCUT2D eigenvalue weighted by atomic mass is 16.5. The minimum absolute atomic E-state index is 0.243. The van der Waals surface area contributed by atoms with Gasteiger partial charge >= 0.3 is 0 Å². The number of carbonyl (C=O) groups excluding carboxylic acids is 1. The van der Waals surface area contributed by atoms with Crippen LogP contribution in [0.1, 0.15) is 36.3 Å². The lowest BCUT2D eigenvalue weighted by Gasteiger charge is -2.08. The molecule has 1 amide bonds. The van der Waals surface area contributed by atoms with Gasteiger partial charge in [0.15, 0.2) is 5.69 Å². The molecular weight excluding hydrogens is 304 g/mol. The molecule has 0 bridgehead atoms. The fourth-order valence-corrected chi connectivity index (χ4v) is 2.05. The van der Waals surface area contributed by atoms with E-state index >= 15 is 0 Å². The van der Waals surface area contributed by atoms with Crippen molar-refractivity contribution in [2.75, 3.05) is 19.0 Å². The van der Waals surface area contributed by atoms with Crippen molar-refractivity contribution in [3.05, 3.63) is 47.7 Å². The number of aromatic nitrogens is 2. The molecule has 24 heavy (non-hydrogen) atoms. The number of amides is 1. The predicted molar refractivity (Wildman–Crippen MR) is 94.1 cm³/mol. The lowest BCUT2D eigenvalue weighted by atomic mass is 10.1. The quantitative estimate of drug-likeness (QED) is 0.779. The highest BCUT2D eigenvalue weighted by molar-refractivity contribution is 5.92. The van der Waals surface area contributed by atoms with Crippen LogP contribution in [0.5, 0.6) is 5.75 Å². The van der Waals surface area contributed by atoms with E-state index in [1.807, 2.05) is 24.3 Å². The van der Waals surface area contributed by atoms with Gasteiger partial charge in [-0.2, -0.15) is 0 Å². The minimum Gasteiger partial charge on any atom is -0.497 e. The number of hydrogen-bond donors (Lipinski definition) is 2. The van der Waals surface area contributed by atoms with Gasteiger partial charge in [-0.25, -0.2) is 0 Å². The topological polar surface area (TPSA) is 76.1 Å². The summed E-state index contributed by atoms with van der Waals surface area (Å²) in [6.07, 6.45) is 1.06. The van der Waals surface area contributed by atoms with Gasteiger partial charge in [-0.05, 0) is 42.2 Å². The van der Waals surface area contributed by atoms with Crippen LogP contribution in [-0.4, -0.2) is 29.8 Å². The number of benzene rings is 1. The molecule has 0 radical (unpaired) electrons. The highest BCUT2D eigenvalue weighted by Crippen LogP contribution is 2.11. The summed E-state index contributed by atoms with van der Waals surface area (Å²) in [7, 11) is 1.62. The highest BCUT2D eigenvalue weighted by Gasteiger charge is 2.08. The largest absolute Gasteiger partial charge is 0.497 e. The molecule has 0 fully saturated rings. The van der Waals surface area contributed by atoms with Gasteiger partial charge in [-0.15, -0.1) is 10.2 Å². The zero-order valence-electron chi connectivity index (χ0n) is 14.4. The van der Waals surface area contributed by atoms with Gasteiger partial charge in [0.1, 0.15) is 11.6 Å². The Kier molecular flexibility index (Phi) is 6.54. The third-order valence-corrected chi connectivity index (χ3v) is 3.54. The maximum absolute atomic E-state index is 12.1. The summed E-state index contributed by atoms with van der Waals surface area (Å²) in [5, 5.41) is 14.0. The van der Waals surface area contributed by atoms with Crippen LogP contribution in [0.15, 0.2) is 36.4 Å². The van der Waals surface area contributed by atoms with E-state index in [1.54, 1.807) is 19.2 Å².